The number of hydrogen-bond acceptors (Lipinski definition) is 5. The first-order chi connectivity index (χ1) is 4.88. The van der Waals surface area contributed by atoms with Crippen molar-refractivity contribution in [3.05, 3.63) is 0 Å². The summed E-state index contributed by atoms with van der Waals surface area (Å²) in [6.45, 7) is 3.38. The molecule has 0 amide bonds. The largest absolute Gasteiger partial charge is 2.00 e. The maximum Gasteiger partial charge on any atom is 2.00 e. The average Bonchev–Trinajstić information content (AvgIpc) is 1.60. The van der Waals surface area contributed by atoms with Gasteiger partial charge in [-0.15, -0.1) is 0 Å². The van der Waals surface area contributed by atoms with E-state index in [0.29, 0.717) is 0 Å². The standard InChI is InChI=1S/C2H3N.2C2H4O2.Ni/c1-2-3;2*1-2(3)4;/h1H3;2*1H3,(H,3,4);/q;;;+2/p-2. The van der Waals surface area contributed by atoms with Crippen molar-refractivity contribution in [3.63, 3.8) is 0 Å². The molecule has 0 aliphatic carbocycles. The molecular weight excluding hydrogens is 209 g/mol. The van der Waals surface area contributed by atoms with Gasteiger partial charge in [0.15, 0.2) is 0 Å². The third-order valence-corrected chi connectivity index (χ3v) is 0. The Balaban J connectivity index is -0.0000000389. The monoisotopic (exact) mass is 217 g/mol. The fourth-order valence-electron chi connectivity index (χ4n) is 0. The van der Waals surface area contributed by atoms with Gasteiger partial charge >= 0.3 is 16.5 Å². The van der Waals surface area contributed by atoms with Gasteiger partial charge in [0, 0.05) is 18.9 Å². The van der Waals surface area contributed by atoms with Crippen LogP contribution in [0.25, 0.3) is 0 Å². The van der Waals surface area contributed by atoms with Crippen LogP contribution in [-0.2, 0) is 26.1 Å². The van der Waals surface area contributed by atoms with E-state index < -0.39 is 11.9 Å². The molecule has 0 aromatic rings. The van der Waals surface area contributed by atoms with E-state index in [9.17, 15) is 0 Å². The van der Waals surface area contributed by atoms with E-state index in [2.05, 4.69) is 0 Å². The normalized spacial score (nSPS) is 4.83. The van der Waals surface area contributed by atoms with Crippen LogP contribution in [0.5, 0.6) is 0 Å². The van der Waals surface area contributed by atoms with Gasteiger partial charge in [-0.3, -0.25) is 0 Å². The molecule has 0 aromatic carbocycles. The number of aliphatic carboxylic acids is 2. The van der Waals surface area contributed by atoms with Crippen LogP contribution >= 0.6 is 0 Å². The van der Waals surface area contributed by atoms with Gasteiger partial charge in [0.05, 0.1) is 6.07 Å². The third-order valence-electron chi connectivity index (χ3n) is 0. The van der Waals surface area contributed by atoms with E-state index >= 15 is 0 Å². The molecule has 6 heteroatoms. The maximum atomic E-state index is 8.89. The molecule has 0 spiro atoms. The molecule has 12 heavy (non-hydrogen) atoms. The molecule has 0 bridgehead atoms. The van der Waals surface area contributed by atoms with E-state index in [1.165, 1.54) is 6.92 Å². The molecule has 0 radical (unpaired) electrons. The summed E-state index contributed by atoms with van der Waals surface area (Å²) in [6, 6.07) is 1.75. The summed E-state index contributed by atoms with van der Waals surface area (Å²) in [5, 5.41) is 25.1. The molecule has 0 N–H and O–H groups in total. The second-order valence-electron chi connectivity index (χ2n) is 1.21. The number of carbonyl (C=O) groups is 2. The van der Waals surface area contributed by atoms with Gasteiger partial charge in [0.25, 0.3) is 0 Å². The van der Waals surface area contributed by atoms with Crippen molar-refractivity contribution in [3.8, 4) is 6.07 Å². The fraction of sp³-hybridized carbons (Fsp3) is 0.500. The number of carbonyl (C=O) groups excluding carboxylic acids is 2. The first kappa shape index (κ1) is 22.4. The molecule has 0 fully saturated rings. The smallest absolute Gasteiger partial charge is 0.550 e. The fourth-order valence-corrected chi connectivity index (χ4v) is 0. The Morgan fingerprint density at radius 2 is 1.17 bits per heavy atom. The number of rotatable bonds is 0. The van der Waals surface area contributed by atoms with Gasteiger partial charge in [-0.2, -0.15) is 5.26 Å². The van der Waals surface area contributed by atoms with Crippen LogP contribution in [-0.4, -0.2) is 11.9 Å². The molecule has 5 nitrogen and oxygen atoms in total. The second kappa shape index (κ2) is 22.5. The Morgan fingerprint density at radius 3 is 1.17 bits per heavy atom. The Labute approximate surface area is 80.9 Å². The zero-order chi connectivity index (χ0) is 9.86. The first-order valence-electron chi connectivity index (χ1n) is 2.54. The van der Waals surface area contributed by atoms with Crippen LogP contribution in [0.3, 0.4) is 0 Å². The van der Waals surface area contributed by atoms with Crippen LogP contribution in [0.2, 0.25) is 0 Å². The molecule has 72 valence electrons. The predicted octanol–water partition coefficient (Wildman–Crippen LogP) is -1.96. The zero-order valence-corrected chi connectivity index (χ0v) is 7.88. The number of carboxylic acid groups (broad SMARTS) is 2. The molecule has 0 saturated heterocycles. The van der Waals surface area contributed by atoms with Gasteiger partial charge in [-0.25, -0.2) is 0 Å². The Hall–Kier alpha value is -1.08. The van der Waals surface area contributed by atoms with Crippen molar-refractivity contribution in [1.29, 1.82) is 5.26 Å². The van der Waals surface area contributed by atoms with Crippen molar-refractivity contribution in [2.24, 2.45) is 0 Å². The van der Waals surface area contributed by atoms with Crippen molar-refractivity contribution in [2.75, 3.05) is 0 Å². The first-order valence-corrected chi connectivity index (χ1v) is 2.54. The van der Waals surface area contributed by atoms with Crippen LogP contribution < -0.4 is 10.2 Å². The minimum atomic E-state index is -1.08. The van der Waals surface area contributed by atoms with E-state index in [1.54, 1.807) is 6.07 Å². The van der Waals surface area contributed by atoms with Crippen LogP contribution in [0.4, 0.5) is 0 Å². The van der Waals surface area contributed by atoms with Crippen molar-refractivity contribution < 1.29 is 36.3 Å². The van der Waals surface area contributed by atoms with E-state index in [-0.39, 0.29) is 16.5 Å². The molecule has 0 aliphatic heterocycles. The van der Waals surface area contributed by atoms with Gasteiger partial charge in [-0.1, -0.05) is 0 Å². The summed E-state index contributed by atoms with van der Waals surface area (Å²) in [4.78, 5) is 17.8. The Kier molecular flexibility index (Phi) is 42.1. The molecule has 0 unspecified atom stereocenters. The molecular formula is C6H9NNiO4. The molecule has 0 heterocycles. The minimum Gasteiger partial charge on any atom is -0.550 e. The number of carboxylic acids is 2. The van der Waals surface area contributed by atoms with Crippen LogP contribution in [0.1, 0.15) is 20.8 Å². The van der Waals surface area contributed by atoms with Gasteiger partial charge in [-0.05, 0) is 13.8 Å². The van der Waals surface area contributed by atoms with Crippen molar-refractivity contribution >= 4 is 11.9 Å². The summed E-state index contributed by atoms with van der Waals surface area (Å²) in [5.74, 6) is -2.17. The van der Waals surface area contributed by atoms with Crippen molar-refractivity contribution in [2.45, 2.75) is 20.8 Å². The molecule has 0 aromatic heterocycles. The Bertz CT molecular complexity index is 132. The minimum absolute atomic E-state index is 0. The predicted molar refractivity (Wildman–Crippen MR) is 32.6 cm³/mol. The van der Waals surface area contributed by atoms with Crippen LogP contribution in [0, 0.1) is 11.3 Å². The Morgan fingerprint density at radius 1 is 1.17 bits per heavy atom. The van der Waals surface area contributed by atoms with Gasteiger partial charge < -0.3 is 19.8 Å². The van der Waals surface area contributed by atoms with Crippen LogP contribution in [0.15, 0.2) is 0 Å². The topological polar surface area (TPSA) is 104 Å². The number of nitriles is 1. The molecule has 0 atom stereocenters. The molecule has 0 rings (SSSR count). The van der Waals surface area contributed by atoms with Crippen molar-refractivity contribution in [1.82, 2.24) is 0 Å². The summed E-state index contributed by atoms with van der Waals surface area (Å²) in [5.41, 5.74) is 0. The second-order valence-corrected chi connectivity index (χ2v) is 1.21. The van der Waals surface area contributed by atoms with E-state index in [4.69, 9.17) is 25.1 Å². The summed E-state index contributed by atoms with van der Waals surface area (Å²) in [7, 11) is 0. The SMILES string of the molecule is CC#N.CC(=O)[O-].CC(=O)[O-].[Ni+2]. The molecule has 0 saturated carbocycles. The maximum absolute atomic E-state index is 8.89. The van der Waals surface area contributed by atoms with E-state index in [0.717, 1.165) is 13.8 Å². The number of nitrogens with zero attached hydrogens (tertiary/aromatic N) is 1. The molecule has 0 aliphatic rings. The average molecular weight is 218 g/mol. The summed E-state index contributed by atoms with van der Waals surface area (Å²) in [6.07, 6.45) is 0. The van der Waals surface area contributed by atoms with Gasteiger partial charge in [0.1, 0.15) is 0 Å². The van der Waals surface area contributed by atoms with Gasteiger partial charge in [0.2, 0.25) is 0 Å². The summed E-state index contributed by atoms with van der Waals surface area (Å²) < 4.78 is 0. The third kappa shape index (κ3) is 483. The number of hydrogen-bond donors (Lipinski definition) is 0. The quantitative estimate of drug-likeness (QED) is 0.439. The zero-order valence-electron chi connectivity index (χ0n) is 6.90. The van der Waals surface area contributed by atoms with E-state index in [1.807, 2.05) is 0 Å². The summed E-state index contributed by atoms with van der Waals surface area (Å²) >= 11 is 0.